The maximum atomic E-state index is 12.9. The highest BCUT2D eigenvalue weighted by molar-refractivity contribution is 7.89. The maximum absolute atomic E-state index is 12.9. The molecule has 1 heterocycles. The lowest BCUT2D eigenvalue weighted by atomic mass is 9.75. The van der Waals surface area contributed by atoms with Crippen LogP contribution < -0.4 is 5.14 Å². The van der Waals surface area contributed by atoms with E-state index in [1.807, 2.05) is 11.8 Å². The van der Waals surface area contributed by atoms with E-state index in [-0.39, 0.29) is 10.8 Å². The molecule has 1 amide bonds. The van der Waals surface area contributed by atoms with Crippen LogP contribution in [-0.4, -0.2) is 32.3 Å². The molecular weight excluding hydrogens is 324 g/mol. The lowest BCUT2D eigenvalue weighted by molar-refractivity contribution is 0.0520. The van der Waals surface area contributed by atoms with Crippen LogP contribution in [0.4, 0.5) is 0 Å². The predicted octanol–water partition coefficient (Wildman–Crippen LogP) is 2.60. The summed E-state index contributed by atoms with van der Waals surface area (Å²) in [6, 6.07) is 3.21. The van der Waals surface area contributed by atoms with Crippen molar-refractivity contribution in [3.05, 3.63) is 28.8 Å². The topological polar surface area (TPSA) is 80.5 Å². The molecule has 0 aromatic heterocycles. The van der Waals surface area contributed by atoms with E-state index in [0.29, 0.717) is 17.0 Å². The molecule has 1 saturated carbocycles. The van der Waals surface area contributed by atoms with Crippen molar-refractivity contribution in [3.8, 4) is 0 Å². The van der Waals surface area contributed by atoms with Gasteiger partial charge in [-0.2, -0.15) is 0 Å². The number of likely N-dealkylation sites (tertiary alicyclic amines) is 1. The van der Waals surface area contributed by atoms with E-state index in [4.69, 9.17) is 5.14 Å². The molecule has 1 aromatic carbocycles. The van der Waals surface area contributed by atoms with Gasteiger partial charge in [0, 0.05) is 18.7 Å². The van der Waals surface area contributed by atoms with E-state index in [2.05, 4.69) is 0 Å². The monoisotopic (exact) mass is 350 g/mol. The molecule has 2 fully saturated rings. The van der Waals surface area contributed by atoms with Gasteiger partial charge in [0.1, 0.15) is 0 Å². The quantitative estimate of drug-likeness (QED) is 0.890. The lowest BCUT2D eigenvalue weighted by Crippen LogP contribution is -2.44. The molecular formula is C18H26N2O3S. The van der Waals surface area contributed by atoms with Gasteiger partial charge in [0.25, 0.3) is 5.91 Å². The second-order valence-corrected chi connectivity index (χ2v) is 8.84. The molecule has 0 bridgehead atoms. The number of carbonyl (C=O) groups excluding carboxylic acids is 1. The number of sulfonamides is 1. The summed E-state index contributed by atoms with van der Waals surface area (Å²) in [5.74, 6) is 1.27. The van der Waals surface area contributed by atoms with E-state index >= 15 is 0 Å². The van der Waals surface area contributed by atoms with Crippen LogP contribution in [0.2, 0.25) is 0 Å². The van der Waals surface area contributed by atoms with Crippen molar-refractivity contribution in [1.29, 1.82) is 0 Å². The summed E-state index contributed by atoms with van der Waals surface area (Å²) in [5, 5.41) is 5.31. The fourth-order valence-electron chi connectivity index (χ4n) is 4.21. The number of hydrogen-bond acceptors (Lipinski definition) is 3. The molecule has 3 rings (SSSR count). The van der Waals surface area contributed by atoms with Crippen molar-refractivity contribution in [2.75, 3.05) is 13.1 Å². The second kappa shape index (κ2) is 6.48. The number of hydrogen-bond donors (Lipinski definition) is 1. The van der Waals surface area contributed by atoms with Gasteiger partial charge in [0.15, 0.2) is 0 Å². The fourth-order valence-corrected chi connectivity index (χ4v) is 5.09. The Labute approximate surface area is 144 Å². The predicted molar refractivity (Wildman–Crippen MR) is 93.3 cm³/mol. The summed E-state index contributed by atoms with van der Waals surface area (Å²) in [6.07, 6.45) is 6.10. The molecule has 132 valence electrons. The number of rotatable bonds is 2. The van der Waals surface area contributed by atoms with E-state index < -0.39 is 10.0 Å². The normalized spacial score (nSPS) is 24.5. The van der Waals surface area contributed by atoms with Crippen molar-refractivity contribution >= 4 is 15.9 Å². The minimum Gasteiger partial charge on any atom is -0.338 e. The van der Waals surface area contributed by atoms with Crippen LogP contribution in [0.1, 0.15) is 53.6 Å². The molecule has 24 heavy (non-hydrogen) atoms. The Morgan fingerprint density at radius 2 is 1.79 bits per heavy atom. The minimum atomic E-state index is -3.83. The Kier molecular flexibility index (Phi) is 4.71. The first-order valence-electron chi connectivity index (χ1n) is 8.70. The van der Waals surface area contributed by atoms with Crippen LogP contribution in [-0.2, 0) is 10.0 Å². The second-order valence-electron chi connectivity index (χ2n) is 7.31. The van der Waals surface area contributed by atoms with E-state index in [0.717, 1.165) is 31.0 Å². The number of carbonyl (C=O) groups is 1. The highest BCUT2D eigenvalue weighted by Gasteiger charge is 2.33. The first-order chi connectivity index (χ1) is 11.3. The highest BCUT2D eigenvalue weighted by Crippen LogP contribution is 2.36. The zero-order chi connectivity index (χ0) is 17.5. The molecule has 1 aliphatic carbocycles. The van der Waals surface area contributed by atoms with Crippen LogP contribution in [0.15, 0.2) is 17.0 Å². The van der Waals surface area contributed by atoms with Gasteiger partial charge in [-0.3, -0.25) is 4.79 Å². The van der Waals surface area contributed by atoms with Crippen molar-refractivity contribution < 1.29 is 13.2 Å². The first kappa shape index (κ1) is 17.4. The smallest absolute Gasteiger partial charge is 0.253 e. The summed E-state index contributed by atoms with van der Waals surface area (Å²) >= 11 is 0. The van der Waals surface area contributed by atoms with Crippen LogP contribution >= 0.6 is 0 Å². The van der Waals surface area contributed by atoms with Gasteiger partial charge in [-0.1, -0.05) is 19.3 Å². The van der Waals surface area contributed by atoms with Crippen LogP contribution in [0, 0.1) is 25.7 Å². The van der Waals surface area contributed by atoms with Gasteiger partial charge in [-0.25, -0.2) is 13.6 Å². The summed E-state index contributed by atoms with van der Waals surface area (Å²) in [4.78, 5) is 14.9. The molecule has 0 radical (unpaired) electrons. The average Bonchev–Trinajstić information content (AvgIpc) is 2.55. The number of nitrogens with zero attached hydrogens (tertiary/aromatic N) is 1. The zero-order valence-electron chi connectivity index (χ0n) is 14.4. The van der Waals surface area contributed by atoms with Crippen molar-refractivity contribution in [2.45, 2.75) is 50.8 Å². The third-order valence-corrected chi connectivity index (χ3v) is 6.79. The molecule has 2 N–H and O–H groups in total. The van der Waals surface area contributed by atoms with Crippen LogP contribution in [0.5, 0.6) is 0 Å². The minimum absolute atomic E-state index is 0.0541. The van der Waals surface area contributed by atoms with Gasteiger partial charge < -0.3 is 4.90 Å². The van der Waals surface area contributed by atoms with Gasteiger partial charge in [-0.15, -0.1) is 0 Å². The van der Waals surface area contributed by atoms with Gasteiger partial charge in [-0.05, 0) is 61.8 Å². The third-order valence-electron chi connectivity index (χ3n) is 5.75. The largest absolute Gasteiger partial charge is 0.338 e. The Morgan fingerprint density at radius 1 is 1.12 bits per heavy atom. The van der Waals surface area contributed by atoms with E-state index in [9.17, 15) is 13.2 Å². The number of aryl methyl sites for hydroxylation is 1. The number of benzene rings is 1. The lowest BCUT2D eigenvalue weighted by Gasteiger charge is -2.41. The molecule has 2 atom stereocenters. The molecule has 1 saturated heterocycles. The zero-order valence-corrected chi connectivity index (χ0v) is 15.2. The molecule has 6 heteroatoms. The van der Waals surface area contributed by atoms with Crippen molar-refractivity contribution in [3.63, 3.8) is 0 Å². The van der Waals surface area contributed by atoms with Crippen molar-refractivity contribution in [1.82, 2.24) is 4.90 Å². The Bertz CT molecular complexity index is 758. The third kappa shape index (κ3) is 3.35. The standard InChI is InChI=1S/C18H26N2O3S/c1-12-9-16(10-17(13(12)2)24(19,22)23)18(21)20-8-7-14-5-3-4-6-15(14)11-20/h9-10,14-15H,3-8,11H2,1-2H3,(H2,19,22,23)/t14-,15-/m0/s1. The number of primary sulfonamides is 1. The SMILES string of the molecule is Cc1cc(C(=O)N2CC[C@@H]3CCCC[C@H]3C2)cc(S(N)(=O)=O)c1C. The Morgan fingerprint density at radius 3 is 2.46 bits per heavy atom. The van der Waals surface area contributed by atoms with E-state index in [1.165, 1.54) is 31.7 Å². The summed E-state index contributed by atoms with van der Waals surface area (Å²) < 4.78 is 23.6. The summed E-state index contributed by atoms with van der Waals surface area (Å²) in [5.41, 5.74) is 1.81. The molecule has 2 aliphatic rings. The van der Waals surface area contributed by atoms with Gasteiger partial charge in [0.05, 0.1) is 4.90 Å². The Balaban J connectivity index is 1.86. The van der Waals surface area contributed by atoms with Crippen molar-refractivity contribution in [2.24, 2.45) is 17.0 Å². The summed E-state index contributed by atoms with van der Waals surface area (Å²) in [7, 11) is -3.83. The highest BCUT2D eigenvalue weighted by atomic mass is 32.2. The maximum Gasteiger partial charge on any atom is 0.253 e. The van der Waals surface area contributed by atoms with Crippen LogP contribution in [0.25, 0.3) is 0 Å². The average molecular weight is 350 g/mol. The first-order valence-corrected chi connectivity index (χ1v) is 10.3. The molecule has 0 unspecified atom stereocenters. The molecule has 1 aromatic rings. The fraction of sp³-hybridized carbons (Fsp3) is 0.611. The van der Waals surface area contributed by atoms with E-state index in [1.54, 1.807) is 13.0 Å². The number of fused-ring (bicyclic) bond motifs is 1. The molecule has 0 spiro atoms. The number of piperidine rings is 1. The van der Waals surface area contributed by atoms with Gasteiger partial charge in [0.2, 0.25) is 10.0 Å². The molecule has 5 nitrogen and oxygen atoms in total. The Hall–Kier alpha value is -1.40. The number of amides is 1. The summed E-state index contributed by atoms with van der Waals surface area (Å²) in [6.45, 7) is 5.09. The van der Waals surface area contributed by atoms with Crippen LogP contribution in [0.3, 0.4) is 0 Å². The molecule has 1 aliphatic heterocycles. The number of nitrogens with two attached hydrogens (primary N) is 1. The van der Waals surface area contributed by atoms with Gasteiger partial charge >= 0.3 is 0 Å².